The van der Waals surface area contributed by atoms with Crippen molar-refractivity contribution < 1.29 is 14.3 Å². The zero-order valence-electron chi connectivity index (χ0n) is 11.2. The lowest BCUT2D eigenvalue weighted by atomic mass is 9.65. The van der Waals surface area contributed by atoms with E-state index in [-0.39, 0.29) is 28.7 Å². The van der Waals surface area contributed by atoms with Gasteiger partial charge in [-0.2, -0.15) is 0 Å². The van der Waals surface area contributed by atoms with Crippen molar-refractivity contribution in [2.24, 2.45) is 22.7 Å². The van der Waals surface area contributed by atoms with Crippen LogP contribution in [0.5, 0.6) is 0 Å². The Bertz CT molecular complexity index is 451. The number of fused-ring (bicyclic) bond motifs is 1. The highest BCUT2D eigenvalue weighted by Crippen LogP contribution is 2.69. The average Bonchev–Trinajstić information content (AvgIpc) is 2.76. The molecule has 2 bridgehead atoms. The highest BCUT2D eigenvalue weighted by Gasteiger charge is 2.68. The van der Waals surface area contributed by atoms with Gasteiger partial charge in [0.25, 0.3) is 0 Å². The van der Waals surface area contributed by atoms with Gasteiger partial charge in [-0.25, -0.2) is 0 Å². The summed E-state index contributed by atoms with van der Waals surface area (Å²) >= 11 is 0. The van der Waals surface area contributed by atoms with E-state index in [9.17, 15) is 9.59 Å². The van der Waals surface area contributed by atoms with Crippen molar-refractivity contribution in [2.45, 2.75) is 46.1 Å². The lowest BCUT2D eigenvalue weighted by Gasteiger charge is -2.38. The Morgan fingerprint density at radius 3 is 2.78 bits per heavy atom. The molecule has 0 aromatic heterocycles. The summed E-state index contributed by atoms with van der Waals surface area (Å²) in [6.45, 7) is 5.76. The zero-order chi connectivity index (χ0) is 13.1. The second-order valence-electron chi connectivity index (χ2n) is 6.66. The summed E-state index contributed by atoms with van der Waals surface area (Å²) < 4.78 is 5.30. The molecule has 3 heteroatoms. The molecule has 0 aromatic rings. The smallest absolute Gasteiger partial charge is 0.317 e. The summed E-state index contributed by atoms with van der Waals surface area (Å²) in [5, 5.41) is 0. The first-order valence-corrected chi connectivity index (χ1v) is 6.80. The van der Waals surface area contributed by atoms with Crippen LogP contribution in [0.15, 0.2) is 12.2 Å². The van der Waals surface area contributed by atoms with E-state index in [1.165, 1.54) is 0 Å². The van der Waals surface area contributed by atoms with E-state index in [4.69, 9.17) is 4.74 Å². The van der Waals surface area contributed by atoms with E-state index in [1.807, 2.05) is 13.8 Å². The molecule has 0 saturated heterocycles. The molecule has 0 radical (unpaired) electrons. The lowest BCUT2D eigenvalue weighted by molar-refractivity contribution is -0.159. The van der Waals surface area contributed by atoms with Crippen LogP contribution in [0.1, 0.15) is 40.0 Å². The molecule has 3 aliphatic carbocycles. The fourth-order valence-electron chi connectivity index (χ4n) is 4.43. The van der Waals surface area contributed by atoms with Crippen LogP contribution >= 0.6 is 0 Å². The van der Waals surface area contributed by atoms with Crippen molar-refractivity contribution in [3.05, 3.63) is 12.2 Å². The molecule has 18 heavy (non-hydrogen) atoms. The van der Waals surface area contributed by atoms with Crippen molar-refractivity contribution in [2.75, 3.05) is 0 Å². The number of hydrogen-bond donors (Lipinski definition) is 0. The third-order valence-electron chi connectivity index (χ3n) is 5.17. The Hall–Kier alpha value is -1.12. The number of Topliss-reactive ketones (excluding diaryl/α,β-unsaturated/α-hetero) is 1. The van der Waals surface area contributed by atoms with Crippen LogP contribution in [-0.4, -0.2) is 17.9 Å². The largest absolute Gasteiger partial charge is 0.462 e. The Labute approximate surface area is 108 Å². The second-order valence-corrected chi connectivity index (χ2v) is 6.66. The highest BCUT2D eigenvalue weighted by molar-refractivity contribution is 6.03. The summed E-state index contributed by atoms with van der Waals surface area (Å²) in [7, 11) is 0. The molecule has 0 aliphatic heterocycles. The molecule has 0 aromatic carbocycles. The van der Waals surface area contributed by atoms with Gasteiger partial charge in [0, 0.05) is 11.8 Å². The second kappa shape index (κ2) is 3.46. The van der Waals surface area contributed by atoms with Gasteiger partial charge < -0.3 is 4.74 Å². The van der Waals surface area contributed by atoms with Gasteiger partial charge in [-0.1, -0.05) is 19.1 Å². The van der Waals surface area contributed by atoms with Crippen molar-refractivity contribution >= 4 is 11.8 Å². The number of rotatable bonds is 2. The molecular weight excluding hydrogens is 228 g/mol. The molecule has 3 rings (SSSR count). The van der Waals surface area contributed by atoms with Crippen molar-refractivity contribution in [1.29, 1.82) is 0 Å². The van der Waals surface area contributed by atoms with Crippen LogP contribution < -0.4 is 0 Å². The van der Waals surface area contributed by atoms with Gasteiger partial charge in [0.05, 0.1) is 6.10 Å². The number of esters is 1. The van der Waals surface area contributed by atoms with Gasteiger partial charge in [0.2, 0.25) is 0 Å². The van der Waals surface area contributed by atoms with Crippen LogP contribution in [0.4, 0.5) is 0 Å². The first kappa shape index (κ1) is 11.9. The normalized spacial score (nSPS) is 44.8. The summed E-state index contributed by atoms with van der Waals surface area (Å²) in [6, 6.07) is 0. The number of ether oxygens (including phenoxy) is 1. The maximum atomic E-state index is 12.3. The number of carbonyl (C=O) groups is 2. The predicted octanol–water partition coefficient (Wildman–Crippen LogP) is 2.50. The molecule has 3 aliphatic rings. The molecule has 98 valence electrons. The number of allylic oxidation sites excluding steroid dienone is 2. The van der Waals surface area contributed by atoms with Gasteiger partial charge in [-0.3, -0.25) is 9.59 Å². The van der Waals surface area contributed by atoms with E-state index in [0.29, 0.717) is 12.3 Å². The Morgan fingerprint density at radius 1 is 1.44 bits per heavy atom. The van der Waals surface area contributed by atoms with Crippen LogP contribution in [0, 0.1) is 22.7 Å². The Balaban J connectivity index is 1.94. The van der Waals surface area contributed by atoms with E-state index >= 15 is 0 Å². The predicted molar refractivity (Wildman–Crippen MR) is 66.7 cm³/mol. The summed E-state index contributed by atoms with van der Waals surface area (Å²) in [5.74, 6) is -0.226. The number of carbonyl (C=O) groups excluding carboxylic acids is 2. The van der Waals surface area contributed by atoms with Gasteiger partial charge >= 0.3 is 5.97 Å². The molecule has 2 fully saturated rings. The number of ketones is 1. The first-order valence-electron chi connectivity index (χ1n) is 6.80. The standard InChI is InChI=1S/C15H20O3/c1-9(2)18-13(17)12-11(16)8-15-5-4-10(7-15)6-14(12,15)3/h4-5,9-10,12H,6-8H2,1-3H3/t10-,12+,14+,15-/m1/s1. The van der Waals surface area contributed by atoms with Crippen LogP contribution in [0.25, 0.3) is 0 Å². The van der Waals surface area contributed by atoms with Crippen LogP contribution in [0.2, 0.25) is 0 Å². The molecule has 3 nitrogen and oxygen atoms in total. The summed E-state index contributed by atoms with van der Waals surface area (Å²) in [4.78, 5) is 24.5. The highest BCUT2D eigenvalue weighted by atomic mass is 16.5. The molecular formula is C15H20O3. The van der Waals surface area contributed by atoms with E-state index in [2.05, 4.69) is 19.1 Å². The van der Waals surface area contributed by atoms with Gasteiger partial charge in [0.1, 0.15) is 11.7 Å². The first-order chi connectivity index (χ1) is 8.38. The van der Waals surface area contributed by atoms with E-state index < -0.39 is 5.92 Å². The topological polar surface area (TPSA) is 43.4 Å². The van der Waals surface area contributed by atoms with Crippen LogP contribution in [-0.2, 0) is 14.3 Å². The molecule has 4 atom stereocenters. The SMILES string of the molecule is CC(C)OC(=O)[C@@H]1C(=O)C[C@@]23C=C[C@@H](C2)C[C@@]13C. The maximum Gasteiger partial charge on any atom is 0.317 e. The monoisotopic (exact) mass is 248 g/mol. The zero-order valence-corrected chi connectivity index (χ0v) is 11.2. The van der Waals surface area contributed by atoms with Crippen molar-refractivity contribution in [3.8, 4) is 0 Å². The Morgan fingerprint density at radius 2 is 2.17 bits per heavy atom. The van der Waals surface area contributed by atoms with Crippen molar-refractivity contribution in [3.63, 3.8) is 0 Å². The van der Waals surface area contributed by atoms with Crippen LogP contribution in [0.3, 0.4) is 0 Å². The molecule has 0 amide bonds. The van der Waals surface area contributed by atoms with Crippen molar-refractivity contribution in [1.82, 2.24) is 0 Å². The third-order valence-corrected chi connectivity index (χ3v) is 5.17. The molecule has 0 heterocycles. The fourth-order valence-corrected chi connectivity index (χ4v) is 4.43. The molecule has 0 N–H and O–H groups in total. The third kappa shape index (κ3) is 1.30. The van der Waals surface area contributed by atoms with Gasteiger partial charge in [0.15, 0.2) is 0 Å². The molecule has 2 saturated carbocycles. The summed E-state index contributed by atoms with van der Waals surface area (Å²) in [6.07, 6.45) is 6.79. The lowest BCUT2D eigenvalue weighted by Crippen LogP contribution is -2.39. The van der Waals surface area contributed by atoms with E-state index in [1.54, 1.807) is 0 Å². The Kier molecular flexibility index (Phi) is 2.30. The minimum Gasteiger partial charge on any atom is -0.462 e. The molecule has 1 spiro atoms. The maximum absolute atomic E-state index is 12.3. The average molecular weight is 248 g/mol. The minimum atomic E-state index is -0.546. The number of hydrogen-bond acceptors (Lipinski definition) is 3. The van der Waals surface area contributed by atoms with Gasteiger partial charge in [-0.15, -0.1) is 0 Å². The fraction of sp³-hybridized carbons (Fsp3) is 0.733. The quantitative estimate of drug-likeness (QED) is 0.428. The van der Waals surface area contributed by atoms with E-state index in [0.717, 1.165) is 12.8 Å². The van der Waals surface area contributed by atoms with Gasteiger partial charge in [-0.05, 0) is 38.0 Å². The minimum absolute atomic E-state index is 0.0601. The summed E-state index contributed by atoms with van der Waals surface area (Å²) in [5.41, 5.74) is -0.273. The molecule has 0 unspecified atom stereocenters.